The molecule has 1 N–H and O–H groups in total. The van der Waals surface area contributed by atoms with Gasteiger partial charge in [0.15, 0.2) is 0 Å². The standard InChI is InChI=1S/C16H18FNO2/c1-18-16(11-4-6-12(17)7-5-11)14-9-8-13(19-2)10-15(14)20-3/h4-10,16,18H,1-3H3. The van der Waals surface area contributed by atoms with Crippen LogP contribution in [-0.2, 0) is 0 Å². The molecule has 1 unspecified atom stereocenters. The topological polar surface area (TPSA) is 30.5 Å². The van der Waals surface area contributed by atoms with Gasteiger partial charge in [0.2, 0.25) is 0 Å². The Kier molecular flexibility index (Phi) is 4.58. The molecular weight excluding hydrogens is 257 g/mol. The van der Waals surface area contributed by atoms with Gasteiger partial charge in [-0.15, -0.1) is 0 Å². The molecule has 0 saturated heterocycles. The Labute approximate surface area is 118 Å². The summed E-state index contributed by atoms with van der Waals surface area (Å²) in [6.07, 6.45) is 0. The number of halogens is 1. The Morgan fingerprint density at radius 2 is 1.70 bits per heavy atom. The van der Waals surface area contributed by atoms with E-state index in [1.807, 2.05) is 25.2 Å². The molecule has 0 heterocycles. The first kappa shape index (κ1) is 14.3. The largest absolute Gasteiger partial charge is 0.497 e. The van der Waals surface area contributed by atoms with Crippen LogP contribution < -0.4 is 14.8 Å². The molecule has 4 heteroatoms. The molecule has 0 saturated carbocycles. The fourth-order valence-corrected chi connectivity index (χ4v) is 2.21. The zero-order chi connectivity index (χ0) is 14.5. The van der Waals surface area contributed by atoms with Crippen LogP contribution in [-0.4, -0.2) is 21.3 Å². The number of hydrogen-bond acceptors (Lipinski definition) is 3. The van der Waals surface area contributed by atoms with E-state index in [-0.39, 0.29) is 11.9 Å². The van der Waals surface area contributed by atoms with E-state index in [4.69, 9.17) is 9.47 Å². The van der Waals surface area contributed by atoms with E-state index in [9.17, 15) is 4.39 Å². The smallest absolute Gasteiger partial charge is 0.127 e. The summed E-state index contributed by atoms with van der Waals surface area (Å²) in [5.74, 6) is 1.22. The minimum atomic E-state index is -0.245. The molecule has 3 nitrogen and oxygen atoms in total. The van der Waals surface area contributed by atoms with Crippen molar-refractivity contribution in [1.29, 1.82) is 0 Å². The second-order valence-electron chi connectivity index (χ2n) is 4.38. The summed E-state index contributed by atoms with van der Waals surface area (Å²) in [7, 11) is 5.09. The summed E-state index contributed by atoms with van der Waals surface area (Å²) < 4.78 is 23.7. The molecule has 2 aromatic carbocycles. The quantitative estimate of drug-likeness (QED) is 0.909. The van der Waals surface area contributed by atoms with Crippen LogP contribution in [0.2, 0.25) is 0 Å². The van der Waals surface area contributed by atoms with Crippen molar-refractivity contribution in [2.45, 2.75) is 6.04 Å². The van der Waals surface area contributed by atoms with Gasteiger partial charge in [-0.05, 0) is 36.9 Å². The Morgan fingerprint density at radius 1 is 1.00 bits per heavy atom. The highest BCUT2D eigenvalue weighted by molar-refractivity contribution is 5.46. The molecule has 2 aromatic rings. The van der Waals surface area contributed by atoms with Gasteiger partial charge in [-0.3, -0.25) is 0 Å². The third-order valence-corrected chi connectivity index (χ3v) is 3.24. The van der Waals surface area contributed by atoms with Crippen molar-refractivity contribution in [3.8, 4) is 11.5 Å². The Morgan fingerprint density at radius 3 is 2.25 bits per heavy atom. The first-order valence-electron chi connectivity index (χ1n) is 6.34. The van der Waals surface area contributed by atoms with Crippen molar-refractivity contribution >= 4 is 0 Å². The lowest BCUT2D eigenvalue weighted by atomic mass is 9.98. The number of rotatable bonds is 5. The zero-order valence-corrected chi connectivity index (χ0v) is 11.8. The minimum absolute atomic E-state index is 0.0727. The summed E-state index contributed by atoms with van der Waals surface area (Å²) in [5.41, 5.74) is 1.94. The van der Waals surface area contributed by atoms with E-state index in [1.165, 1.54) is 12.1 Å². The van der Waals surface area contributed by atoms with Gasteiger partial charge in [0, 0.05) is 11.6 Å². The fourth-order valence-electron chi connectivity index (χ4n) is 2.21. The zero-order valence-electron chi connectivity index (χ0n) is 11.8. The molecule has 0 aliphatic carbocycles. The van der Waals surface area contributed by atoms with Crippen LogP contribution in [0.5, 0.6) is 11.5 Å². The molecule has 0 amide bonds. The molecular formula is C16H18FNO2. The average Bonchev–Trinajstić information content (AvgIpc) is 2.50. The van der Waals surface area contributed by atoms with Gasteiger partial charge in [0.1, 0.15) is 17.3 Å². The number of ether oxygens (including phenoxy) is 2. The van der Waals surface area contributed by atoms with E-state index < -0.39 is 0 Å². The van der Waals surface area contributed by atoms with Crippen LogP contribution >= 0.6 is 0 Å². The van der Waals surface area contributed by atoms with E-state index in [0.717, 1.165) is 22.6 Å². The highest BCUT2D eigenvalue weighted by Gasteiger charge is 2.17. The maximum Gasteiger partial charge on any atom is 0.127 e. The summed E-state index contributed by atoms with van der Waals surface area (Å²) in [4.78, 5) is 0. The second-order valence-corrected chi connectivity index (χ2v) is 4.38. The van der Waals surface area contributed by atoms with Gasteiger partial charge in [-0.2, -0.15) is 0 Å². The van der Waals surface area contributed by atoms with Gasteiger partial charge in [0.05, 0.1) is 20.3 Å². The third kappa shape index (κ3) is 2.91. The van der Waals surface area contributed by atoms with Crippen molar-refractivity contribution < 1.29 is 13.9 Å². The molecule has 0 bridgehead atoms. The lowest BCUT2D eigenvalue weighted by Crippen LogP contribution is -2.18. The lowest BCUT2D eigenvalue weighted by molar-refractivity contribution is 0.388. The molecule has 0 fully saturated rings. The van der Waals surface area contributed by atoms with E-state index in [1.54, 1.807) is 26.4 Å². The Balaban J connectivity index is 2.43. The molecule has 2 rings (SSSR count). The molecule has 1 atom stereocenters. The maximum absolute atomic E-state index is 13.0. The van der Waals surface area contributed by atoms with E-state index >= 15 is 0 Å². The summed E-state index contributed by atoms with van der Waals surface area (Å²) in [5, 5.41) is 3.22. The maximum atomic E-state index is 13.0. The minimum Gasteiger partial charge on any atom is -0.497 e. The lowest BCUT2D eigenvalue weighted by Gasteiger charge is -2.20. The highest BCUT2D eigenvalue weighted by atomic mass is 19.1. The van der Waals surface area contributed by atoms with Crippen molar-refractivity contribution in [3.63, 3.8) is 0 Å². The number of hydrogen-bond donors (Lipinski definition) is 1. The third-order valence-electron chi connectivity index (χ3n) is 3.24. The first-order valence-corrected chi connectivity index (χ1v) is 6.34. The van der Waals surface area contributed by atoms with Crippen LogP contribution in [0.25, 0.3) is 0 Å². The molecule has 0 radical (unpaired) electrons. The number of benzene rings is 2. The predicted molar refractivity (Wildman–Crippen MR) is 76.8 cm³/mol. The Bertz CT molecular complexity index is 569. The second kappa shape index (κ2) is 6.39. The van der Waals surface area contributed by atoms with Gasteiger partial charge >= 0.3 is 0 Å². The normalized spacial score (nSPS) is 12.0. The van der Waals surface area contributed by atoms with Gasteiger partial charge < -0.3 is 14.8 Å². The predicted octanol–water partition coefficient (Wildman–Crippen LogP) is 3.15. The van der Waals surface area contributed by atoms with Crippen molar-refractivity contribution in [1.82, 2.24) is 5.32 Å². The molecule has 0 spiro atoms. The molecule has 0 aliphatic rings. The fraction of sp³-hybridized carbons (Fsp3) is 0.250. The van der Waals surface area contributed by atoms with Crippen LogP contribution in [0.15, 0.2) is 42.5 Å². The Hall–Kier alpha value is -2.07. The molecule has 20 heavy (non-hydrogen) atoms. The monoisotopic (exact) mass is 275 g/mol. The first-order chi connectivity index (χ1) is 9.69. The molecule has 0 aliphatic heterocycles. The molecule has 0 aromatic heterocycles. The summed E-state index contributed by atoms with van der Waals surface area (Å²) >= 11 is 0. The molecule has 106 valence electrons. The summed E-state index contributed by atoms with van der Waals surface area (Å²) in [6.45, 7) is 0. The average molecular weight is 275 g/mol. The van der Waals surface area contributed by atoms with Gasteiger partial charge in [0.25, 0.3) is 0 Å². The van der Waals surface area contributed by atoms with E-state index in [2.05, 4.69) is 5.32 Å². The van der Waals surface area contributed by atoms with Gasteiger partial charge in [-0.25, -0.2) is 4.39 Å². The van der Waals surface area contributed by atoms with E-state index in [0.29, 0.717) is 0 Å². The van der Waals surface area contributed by atoms with Crippen LogP contribution in [0, 0.1) is 5.82 Å². The van der Waals surface area contributed by atoms with Gasteiger partial charge in [-0.1, -0.05) is 12.1 Å². The number of nitrogens with one attached hydrogen (secondary N) is 1. The van der Waals surface area contributed by atoms with Crippen molar-refractivity contribution in [3.05, 3.63) is 59.4 Å². The highest BCUT2D eigenvalue weighted by Crippen LogP contribution is 2.32. The number of methoxy groups -OCH3 is 2. The van der Waals surface area contributed by atoms with Crippen LogP contribution in [0.4, 0.5) is 4.39 Å². The van der Waals surface area contributed by atoms with Crippen LogP contribution in [0.3, 0.4) is 0 Å². The summed E-state index contributed by atoms with van der Waals surface area (Å²) in [6, 6.07) is 12.0. The SMILES string of the molecule is CNC(c1ccc(F)cc1)c1ccc(OC)cc1OC. The van der Waals surface area contributed by atoms with Crippen LogP contribution in [0.1, 0.15) is 17.2 Å². The van der Waals surface area contributed by atoms with Crippen molar-refractivity contribution in [2.75, 3.05) is 21.3 Å². The van der Waals surface area contributed by atoms with Crippen molar-refractivity contribution in [2.24, 2.45) is 0 Å².